The molecule has 0 radical (unpaired) electrons. The monoisotopic (exact) mass is 575 g/mol. The molecule has 0 saturated carbocycles. The number of sulfonamides is 1. The third-order valence-corrected chi connectivity index (χ3v) is 8.57. The van der Waals surface area contributed by atoms with E-state index in [0.717, 1.165) is 15.4 Å². The molecule has 7 nitrogen and oxygen atoms in total. The Balaban J connectivity index is 2.07. The average molecular weight is 577 g/mol. The van der Waals surface area contributed by atoms with E-state index in [1.54, 1.807) is 61.5 Å². The van der Waals surface area contributed by atoms with E-state index < -0.39 is 28.5 Å². The van der Waals surface area contributed by atoms with Crippen LogP contribution in [0.4, 0.5) is 5.69 Å². The third kappa shape index (κ3) is 6.87. The van der Waals surface area contributed by atoms with Gasteiger partial charge in [0, 0.05) is 23.6 Å². The van der Waals surface area contributed by atoms with Crippen LogP contribution in [0, 0.1) is 13.8 Å². The summed E-state index contributed by atoms with van der Waals surface area (Å²) in [6.45, 7) is 5.01. The number of nitrogens with zero attached hydrogens (tertiary/aromatic N) is 2. The summed E-state index contributed by atoms with van der Waals surface area (Å²) in [5.74, 6) is -0.919. The summed E-state index contributed by atoms with van der Waals surface area (Å²) in [7, 11) is -2.63. The van der Waals surface area contributed by atoms with Gasteiger partial charge in [-0.1, -0.05) is 71.6 Å². The molecule has 0 heterocycles. The minimum atomic E-state index is -4.12. The van der Waals surface area contributed by atoms with Crippen LogP contribution in [-0.2, 0) is 26.2 Å². The molecule has 1 atom stereocenters. The number of likely N-dealkylation sites (N-methyl/N-ethyl adjacent to an activating group) is 1. The van der Waals surface area contributed by atoms with Crippen molar-refractivity contribution in [3.8, 4) is 0 Å². The number of carbonyl (C=O) groups excluding carboxylic acids is 2. The van der Waals surface area contributed by atoms with Crippen LogP contribution in [-0.4, -0.2) is 44.8 Å². The van der Waals surface area contributed by atoms with Crippen LogP contribution in [0.5, 0.6) is 0 Å². The van der Waals surface area contributed by atoms with Gasteiger partial charge >= 0.3 is 0 Å². The fourth-order valence-corrected chi connectivity index (χ4v) is 5.88. The van der Waals surface area contributed by atoms with Crippen molar-refractivity contribution in [2.24, 2.45) is 0 Å². The summed E-state index contributed by atoms with van der Waals surface area (Å²) in [6, 6.07) is 17.4. The lowest BCUT2D eigenvalue weighted by molar-refractivity contribution is -0.140. The van der Waals surface area contributed by atoms with Gasteiger partial charge in [0.2, 0.25) is 11.8 Å². The maximum absolute atomic E-state index is 13.9. The topological polar surface area (TPSA) is 86.8 Å². The normalized spacial score (nSPS) is 12.1. The second kappa shape index (κ2) is 12.7. The first-order valence-corrected chi connectivity index (χ1v) is 14.3. The van der Waals surface area contributed by atoms with Crippen molar-refractivity contribution in [1.29, 1.82) is 0 Å². The zero-order chi connectivity index (χ0) is 28.0. The minimum absolute atomic E-state index is 0.00687. The lowest BCUT2D eigenvalue weighted by atomic mass is 10.1. The molecule has 0 unspecified atom stereocenters. The largest absolute Gasteiger partial charge is 0.357 e. The highest BCUT2D eigenvalue weighted by molar-refractivity contribution is 7.92. The van der Waals surface area contributed by atoms with Crippen molar-refractivity contribution in [2.45, 2.75) is 44.7 Å². The number of benzene rings is 3. The van der Waals surface area contributed by atoms with Gasteiger partial charge in [-0.25, -0.2) is 8.42 Å². The van der Waals surface area contributed by atoms with Gasteiger partial charge in [-0.2, -0.15) is 0 Å². The van der Waals surface area contributed by atoms with Crippen LogP contribution in [0.2, 0.25) is 10.0 Å². The Hall–Kier alpha value is -3.07. The van der Waals surface area contributed by atoms with Gasteiger partial charge < -0.3 is 10.2 Å². The fourth-order valence-electron chi connectivity index (χ4n) is 4.00. The maximum Gasteiger partial charge on any atom is 0.264 e. The summed E-state index contributed by atoms with van der Waals surface area (Å²) in [5, 5.41) is 3.37. The number of rotatable bonds is 10. The number of hydrogen-bond donors (Lipinski definition) is 1. The molecule has 1 N–H and O–H groups in total. The lowest BCUT2D eigenvalue weighted by Crippen LogP contribution is -2.51. The first-order valence-electron chi connectivity index (χ1n) is 12.1. The Bertz CT molecular complexity index is 1390. The van der Waals surface area contributed by atoms with Crippen LogP contribution in [0.1, 0.15) is 30.0 Å². The highest BCUT2D eigenvalue weighted by Gasteiger charge is 2.33. The molecule has 2 amide bonds. The number of nitrogens with one attached hydrogen (secondary N) is 1. The van der Waals surface area contributed by atoms with Crippen molar-refractivity contribution < 1.29 is 18.0 Å². The number of amides is 2. The van der Waals surface area contributed by atoms with Gasteiger partial charge in [-0.3, -0.25) is 13.9 Å². The van der Waals surface area contributed by atoms with Crippen LogP contribution in [0.25, 0.3) is 0 Å². The molecular weight excluding hydrogens is 545 g/mol. The molecule has 10 heteroatoms. The SMILES string of the molecule is CC[C@H](C(=O)NC)N(Cc1ccc(Cl)cc1Cl)C(=O)CN(c1ccc(C)cc1)S(=O)(=O)c1ccc(C)cc1. The van der Waals surface area contributed by atoms with E-state index >= 15 is 0 Å². The molecule has 0 aliphatic rings. The van der Waals surface area contributed by atoms with Crippen LogP contribution in [0.15, 0.2) is 71.6 Å². The molecular formula is C28H31Cl2N3O4S. The molecule has 0 bridgehead atoms. The van der Waals surface area contributed by atoms with Gasteiger partial charge in [-0.15, -0.1) is 0 Å². The molecule has 0 aliphatic carbocycles. The van der Waals surface area contributed by atoms with E-state index in [4.69, 9.17) is 23.2 Å². The third-order valence-electron chi connectivity index (χ3n) is 6.20. The molecule has 38 heavy (non-hydrogen) atoms. The van der Waals surface area contributed by atoms with Gasteiger partial charge in [0.1, 0.15) is 12.6 Å². The first-order chi connectivity index (χ1) is 18.0. The van der Waals surface area contributed by atoms with E-state index in [0.29, 0.717) is 27.7 Å². The fraction of sp³-hybridized carbons (Fsp3) is 0.286. The second-order valence-electron chi connectivity index (χ2n) is 8.96. The molecule has 0 saturated heterocycles. The van der Waals surface area contributed by atoms with E-state index in [2.05, 4.69) is 5.32 Å². The lowest BCUT2D eigenvalue weighted by Gasteiger charge is -2.33. The van der Waals surface area contributed by atoms with Crippen molar-refractivity contribution >= 4 is 50.7 Å². The molecule has 3 rings (SSSR count). The summed E-state index contributed by atoms with van der Waals surface area (Å²) in [5.41, 5.74) is 2.76. The van der Waals surface area contributed by atoms with Gasteiger partial charge in [0.25, 0.3) is 10.0 Å². The van der Waals surface area contributed by atoms with Crippen molar-refractivity contribution in [1.82, 2.24) is 10.2 Å². The molecule has 0 spiro atoms. The summed E-state index contributed by atoms with van der Waals surface area (Å²) >= 11 is 12.4. The molecule has 0 aliphatic heterocycles. The van der Waals surface area contributed by atoms with Gasteiger partial charge in [0.05, 0.1) is 10.6 Å². The molecule has 3 aromatic rings. The summed E-state index contributed by atoms with van der Waals surface area (Å²) < 4.78 is 28.7. The van der Waals surface area contributed by atoms with E-state index in [-0.39, 0.29) is 17.3 Å². The van der Waals surface area contributed by atoms with Crippen LogP contribution < -0.4 is 9.62 Å². The van der Waals surface area contributed by atoms with Crippen molar-refractivity contribution in [2.75, 3.05) is 17.9 Å². The average Bonchev–Trinajstić information content (AvgIpc) is 2.88. The van der Waals surface area contributed by atoms with E-state index in [1.165, 1.54) is 24.1 Å². The number of anilines is 1. The highest BCUT2D eigenvalue weighted by atomic mass is 35.5. The Morgan fingerprint density at radius 3 is 2.03 bits per heavy atom. The quantitative estimate of drug-likeness (QED) is 0.352. The highest BCUT2D eigenvalue weighted by Crippen LogP contribution is 2.27. The number of aryl methyl sites for hydroxylation is 2. The molecule has 0 aromatic heterocycles. The second-order valence-corrected chi connectivity index (χ2v) is 11.7. The van der Waals surface area contributed by atoms with Crippen LogP contribution in [0.3, 0.4) is 0 Å². The van der Waals surface area contributed by atoms with Gasteiger partial charge in [0.15, 0.2) is 0 Å². The van der Waals surface area contributed by atoms with Crippen LogP contribution >= 0.6 is 23.2 Å². The Labute approximate surface area is 234 Å². The zero-order valence-electron chi connectivity index (χ0n) is 21.7. The Morgan fingerprint density at radius 1 is 0.921 bits per heavy atom. The maximum atomic E-state index is 13.9. The first kappa shape index (κ1) is 29.5. The smallest absolute Gasteiger partial charge is 0.264 e. The molecule has 202 valence electrons. The van der Waals surface area contributed by atoms with Crippen molar-refractivity contribution in [3.05, 3.63) is 93.5 Å². The minimum Gasteiger partial charge on any atom is -0.357 e. The number of hydrogen-bond acceptors (Lipinski definition) is 4. The van der Waals surface area contributed by atoms with E-state index in [1.807, 2.05) is 13.8 Å². The summed E-state index contributed by atoms with van der Waals surface area (Å²) in [4.78, 5) is 28.1. The summed E-state index contributed by atoms with van der Waals surface area (Å²) in [6.07, 6.45) is 0.311. The van der Waals surface area contributed by atoms with E-state index in [9.17, 15) is 18.0 Å². The Morgan fingerprint density at radius 2 is 1.50 bits per heavy atom. The van der Waals surface area contributed by atoms with Gasteiger partial charge in [-0.05, 0) is 62.2 Å². The zero-order valence-corrected chi connectivity index (χ0v) is 24.1. The number of halogens is 2. The number of carbonyl (C=O) groups is 2. The standard InChI is InChI=1S/C28H31Cl2N3O4S/c1-5-26(28(35)31-4)32(17-21-10-11-22(29)16-25(21)30)27(34)18-33(23-12-6-19(2)7-13-23)38(36,37)24-14-8-20(3)9-15-24/h6-16,26H,5,17-18H2,1-4H3,(H,31,35)/t26-/m1/s1. The predicted molar refractivity (Wildman–Crippen MR) is 152 cm³/mol. The molecule has 3 aromatic carbocycles. The Kier molecular flexibility index (Phi) is 9.82. The van der Waals surface area contributed by atoms with Crippen molar-refractivity contribution in [3.63, 3.8) is 0 Å². The predicted octanol–water partition coefficient (Wildman–Crippen LogP) is 5.36. The molecule has 0 fully saturated rings.